The van der Waals surface area contributed by atoms with Crippen molar-refractivity contribution in [1.82, 2.24) is 9.80 Å². The summed E-state index contributed by atoms with van der Waals surface area (Å²) < 4.78 is 11.1. The van der Waals surface area contributed by atoms with Gasteiger partial charge in [-0.05, 0) is 44.9 Å². The smallest absolute Gasteiger partial charge is 0.277 e. The highest BCUT2D eigenvalue weighted by Gasteiger charge is 2.42. The van der Waals surface area contributed by atoms with Crippen LogP contribution in [0.25, 0.3) is 5.57 Å². The Kier molecular flexibility index (Phi) is 6.84. The van der Waals surface area contributed by atoms with Gasteiger partial charge in [0.25, 0.3) is 17.5 Å². The van der Waals surface area contributed by atoms with Crippen LogP contribution < -0.4 is 0 Å². The Bertz CT molecular complexity index is 841. The van der Waals surface area contributed by atoms with Gasteiger partial charge in [-0.15, -0.1) is 0 Å². The van der Waals surface area contributed by atoms with Crippen molar-refractivity contribution in [3.8, 4) is 0 Å². The van der Waals surface area contributed by atoms with E-state index >= 15 is 0 Å². The molecule has 0 spiro atoms. The number of non-ortho nitro benzene ring substituents is 1. The van der Waals surface area contributed by atoms with E-state index in [4.69, 9.17) is 9.47 Å². The molecule has 0 N–H and O–H groups in total. The van der Waals surface area contributed by atoms with E-state index in [0.29, 0.717) is 44.0 Å². The lowest BCUT2D eigenvalue weighted by atomic mass is 10.0. The van der Waals surface area contributed by atoms with Crippen LogP contribution in [0.15, 0.2) is 30.0 Å². The molecule has 3 rings (SSSR count). The van der Waals surface area contributed by atoms with Gasteiger partial charge in [-0.3, -0.25) is 24.6 Å². The highest BCUT2D eigenvalue weighted by atomic mass is 16.6. The Morgan fingerprint density at radius 2 is 1.77 bits per heavy atom. The number of rotatable bonds is 8. The zero-order chi connectivity index (χ0) is 21.8. The zero-order valence-electron chi connectivity index (χ0n) is 17.5. The molecule has 1 aromatic rings. The number of benzene rings is 1. The minimum atomic E-state index is -0.494. The number of carbonyl (C=O) groups excluding carboxylic acids is 2. The average molecular weight is 417 g/mol. The Morgan fingerprint density at radius 1 is 1.13 bits per heavy atom. The zero-order valence-corrected chi connectivity index (χ0v) is 17.5. The highest BCUT2D eigenvalue weighted by molar-refractivity contribution is 6.35. The number of nitro benzene ring substituents is 1. The molecule has 1 aromatic carbocycles. The quantitative estimate of drug-likeness (QED) is 0.277. The summed E-state index contributed by atoms with van der Waals surface area (Å²) in [6.45, 7) is 8.01. The third kappa shape index (κ3) is 4.52. The third-order valence-corrected chi connectivity index (χ3v) is 5.12. The summed E-state index contributed by atoms with van der Waals surface area (Å²) in [5, 5.41) is 11.0. The lowest BCUT2D eigenvalue weighted by Crippen LogP contribution is -2.47. The molecule has 0 aliphatic carbocycles. The summed E-state index contributed by atoms with van der Waals surface area (Å²) in [5.41, 5.74) is 1.05. The van der Waals surface area contributed by atoms with Crippen LogP contribution in [-0.4, -0.2) is 71.6 Å². The van der Waals surface area contributed by atoms with Gasteiger partial charge in [0.1, 0.15) is 5.70 Å². The molecule has 162 valence electrons. The van der Waals surface area contributed by atoms with Gasteiger partial charge < -0.3 is 14.4 Å². The van der Waals surface area contributed by atoms with E-state index in [0.717, 1.165) is 0 Å². The predicted octanol–water partition coefficient (Wildman–Crippen LogP) is 2.21. The molecular weight excluding hydrogens is 390 g/mol. The maximum absolute atomic E-state index is 13.3. The molecule has 30 heavy (non-hydrogen) atoms. The van der Waals surface area contributed by atoms with E-state index in [9.17, 15) is 19.7 Å². The topological polar surface area (TPSA) is 102 Å². The Balaban J connectivity index is 1.96. The van der Waals surface area contributed by atoms with Crippen molar-refractivity contribution in [2.75, 3.05) is 32.8 Å². The molecule has 2 aliphatic rings. The van der Waals surface area contributed by atoms with Crippen LogP contribution in [0.3, 0.4) is 0 Å². The van der Waals surface area contributed by atoms with Gasteiger partial charge in [0, 0.05) is 45.0 Å². The second kappa shape index (κ2) is 9.36. The number of hydrogen-bond donors (Lipinski definition) is 0. The Morgan fingerprint density at radius 3 is 2.33 bits per heavy atom. The first kappa shape index (κ1) is 21.9. The molecule has 0 aromatic heterocycles. The summed E-state index contributed by atoms with van der Waals surface area (Å²) in [6.07, 6.45) is 0.366. The molecule has 1 saturated heterocycles. The molecule has 1 fully saturated rings. The van der Waals surface area contributed by atoms with Crippen LogP contribution >= 0.6 is 0 Å². The first-order valence-electron chi connectivity index (χ1n) is 10.2. The minimum absolute atomic E-state index is 0.0696. The molecule has 9 nitrogen and oxygen atoms in total. The average Bonchev–Trinajstić information content (AvgIpc) is 2.95. The van der Waals surface area contributed by atoms with Crippen LogP contribution in [0, 0.1) is 10.1 Å². The number of nitrogens with zero attached hydrogens (tertiary/aromatic N) is 3. The van der Waals surface area contributed by atoms with Crippen LogP contribution in [0.1, 0.15) is 32.8 Å². The largest absolute Gasteiger partial charge is 0.382 e. The first-order chi connectivity index (χ1) is 14.3. The second-order valence-electron chi connectivity index (χ2n) is 7.50. The molecule has 2 aliphatic heterocycles. The van der Waals surface area contributed by atoms with Gasteiger partial charge in [0.2, 0.25) is 0 Å². The maximum atomic E-state index is 13.3. The predicted molar refractivity (Wildman–Crippen MR) is 109 cm³/mol. The normalized spacial score (nSPS) is 22.2. The van der Waals surface area contributed by atoms with Crippen LogP contribution in [0.5, 0.6) is 0 Å². The first-order valence-corrected chi connectivity index (χ1v) is 10.2. The fraction of sp³-hybridized carbons (Fsp3) is 0.524. The van der Waals surface area contributed by atoms with E-state index in [2.05, 4.69) is 0 Å². The number of ether oxygens (including phenoxy) is 2. The molecular formula is C21H27N3O6. The fourth-order valence-corrected chi connectivity index (χ4v) is 3.90. The molecule has 2 unspecified atom stereocenters. The highest BCUT2D eigenvalue weighted by Crippen LogP contribution is 2.34. The van der Waals surface area contributed by atoms with Crippen molar-refractivity contribution in [3.63, 3.8) is 0 Å². The van der Waals surface area contributed by atoms with Crippen LogP contribution in [0.2, 0.25) is 0 Å². The van der Waals surface area contributed by atoms with Gasteiger partial charge >= 0.3 is 0 Å². The molecule has 0 radical (unpaired) electrons. The number of amides is 2. The summed E-state index contributed by atoms with van der Waals surface area (Å²) in [4.78, 5) is 40.1. The lowest BCUT2D eigenvalue weighted by molar-refractivity contribution is -0.384. The van der Waals surface area contributed by atoms with Crippen LogP contribution in [0.4, 0.5) is 5.69 Å². The van der Waals surface area contributed by atoms with E-state index in [1.54, 1.807) is 0 Å². The maximum Gasteiger partial charge on any atom is 0.277 e. The number of nitro groups is 1. The van der Waals surface area contributed by atoms with E-state index in [-0.39, 0.29) is 41.8 Å². The summed E-state index contributed by atoms with van der Waals surface area (Å²) >= 11 is 0. The van der Waals surface area contributed by atoms with Crippen molar-refractivity contribution in [1.29, 1.82) is 0 Å². The molecule has 2 heterocycles. The molecule has 0 bridgehead atoms. The molecule has 2 amide bonds. The van der Waals surface area contributed by atoms with Gasteiger partial charge in [-0.25, -0.2) is 0 Å². The molecule has 2 atom stereocenters. The minimum Gasteiger partial charge on any atom is -0.382 e. The van der Waals surface area contributed by atoms with Gasteiger partial charge in [-0.1, -0.05) is 0 Å². The number of imide groups is 1. The second-order valence-corrected chi connectivity index (χ2v) is 7.50. The van der Waals surface area contributed by atoms with Crippen molar-refractivity contribution < 1.29 is 24.0 Å². The number of hydrogen-bond acceptors (Lipinski definition) is 7. The van der Waals surface area contributed by atoms with Crippen molar-refractivity contribution in [2.45, 2.75) is 39.4 Å². The standard InChI is InChI=1S/C21H27N3O6/c1-4-29-11-5-10-23-20(25)18(16-6-8-17(9-7-16)24(27)28)19(21(23)26)22-12-14(2)30-15(3)13-22/h6-9,14-15H,4-5,10-13H2,1-3H3. The SMILES string of the molecule is CCOCCCN1C(=O)C(c2ccc([N+](=O)[O-])cc2)=C(N2CC(C)OC(C)C2)C1=O. The van der Waals surface area contributed by atoms with Gasteiger partial charge in [0.15, 0.2) is 0 Å². The summed E-state index contributed by atoms with van der Waals surface area (Å²) in [6, 6.07) is 5.74. The Labute approximate surface area is 175 Å². The number of carbonyl (C=O) groups is 2. The lowest BCUT2D eigenvalue weighted by Gasteiger charge is -2.37. The van der Waals surface area contributed by atoms with Gasteiger partial charge in [0.05, 0.1) is 22.7 Å². The van der Waals surface area contributed by atoms with Crippen LogP contribution in [-0.2, 0) is 19.1 Å². The van der Waals surface area contributed by atoms with E-state index in [1.165, 1.54) is 29.2 Å². The molecule has 0 saturated carbocycles. The summed E-state index contributed by atoms with van der Waals surface area (Å²) in [5.74, 6) is -0.724. The van der Waals surface area contributed by atoms with Crippen molar-refractivity contribution in [2.24, 2.45) is 0 Å². The monoisotopic (exact) mass is 417 g/mol. The fourth-order valence-electron chi connectivity index (χ4n) is 3.90. The third-order valence-electron chi connectivity index (χ3n) is 5.12. The van der Waals surface area contributed by atoms with E-state index < -0.39 is 4.92 Å². The number of morpholine rings is 1. The van der Waals surface area contributed by atoms with Crippen molar-refractivity contribution in [3.05, 3.63) is 45.6 Å². The summed E-state index contributed by atoms with van der Waals surface area (Å²) in [7, 11) is 0. The van der Waals surface area contributed by atoms with Gasteiger partial charge in [-0.2, -0.15) is 0 Å². The molecule has 9 heteroatoms. The Hall–Kier alpha value is -2.78. The van der Waals surface area contributed by atoms with E-state index in [1.807, 2.05) is 25.7 Å². The van der Waals surface area contributed by atoms with Crippen molar-refractivity contribution >= 4 is 23.1 Å².